The number of H-pyrrole nitrogens is 1. The number of rotatable bonds is 1. The molecule has 1 aromatic carbocycles. The molecule has 80 valence electrons. The maximum atomic E-state index is 5.92. The van der Waals surface area contributed by atoms with Crippen LogP contribution in [-0.4, -0.2) is 19.8 Å². The largest absolute Gasteiger partial charge is 0.258 e. The lowest BCUT2D eigenvalue weighted by Crippen LogP contribution is -1.89. The van der Waals surface area contributed by atoms with Crippen molar-refractivity contribution in [2.75, 3.05) is 0 Å². The van der Waals surface area contributed by atoms with Gasteiger partial charge in [0.15, 0.2) is 11.5 Å². The summed E-state index contributed by atoms with van der Waals surface area (Å²) in [6.45, 7) is 0. The summed E-state index contributed by atoms with van der Waals surface area (Å²) in [4.78, 5) is 0. The van der Waals surface area contributed by atoms with Crippen LogP contribution < -0.4 is 0 Å². The second kappa shape index (κ2) is 3.50. The van der Waals surface area contributed by atoms with Crippen molar-refractivity contribution in [1.29, 1.82) is 0 Å². The Morgan fingerprint density at radius 3 is 2.94 bits per heavy atom. The molecule has 2 heterocycles. The van der Waals surface area contributed by atoms with E-state index in [0.717, 1.165) is 5.56 Å². The molecule has 0 saturated heterocycles. The van der Waals surface area contributed by atoms with Crippen LogP contribution in [0.4, 0.5) is 0 Å². The molecule has 0 atom stereocenters. The zero-order chi connectivity index (χ0) is 11.1. The van der Waals surface area contributed by atoms with Gasteiger partial charge >= 0.3 is 0 Å². The highest BCUT2D eigenvalue weighted by atomic mass is 35.5. The number of hydrogen-bond acceptors (Lipinski definition) is 2. The summed E-state index contributed by atoms with van der Waals surface area (Å²) < 4.78 is 1.65. The number of aromatic nitrogens is 4. The van der Waals surface area contributed by atoms with Gasteiger partial charge in [-0.15, -0.1) is 0 Å². The molecule has 0 unspecified atom stereocenters. The van der Waals surface area contributed by atoms with Gasteiger partial charge in [0.2, 0.25) is 0 Å². The van der Waals surface area contributed by atoms with Gasteiger partial charge in [0.25, 0.3) is 0 Å². The van der Waals surface area contributed by atoms with E-state index in [1.807, 2.05) is 24.3 Å². The Morgan fingerprint density at radius 2 is 2.12 bits per heavy atom. The van der Waals surface area contributed by atoms with E-state index >= 15 is 0 Å². The first kappa shape index (κ1) is 9.69. The number of aromatic amines is 1. The molecule has 0 aliphatic rings. The standard InChI is InChI=1S/C10H6Cl2N4/c11-7-3-1-2-6(4-7)9-14-15-10-8(12)5-13-16(9)10/h1-5,15H. The van der Waals surface area contributed by atoms with Gasteiger partial charge in [-0.3, -0.25) is 5.10 Å². The van der Waals surface area contributed by atoms with E-state index in [-0.39, 0.29) is 0 Å². The number of fused-ring (bicyclic) bond motifs is 1. The molecule has 16 heavy (non-hydrogen) atoms. The van der Waals surface area contributed by atoms with Crippen molar-refractivity contribution < 1.29 is 0 Å². The van der Waals surface area contributed by atoms with E-state index in [2.05, 4.69) is 15.3 Å². The number of nitrogens with one attached hydrogen (secondary N) is 1. The minimum Gasteiger partial charge on any atom is -0.258 e. The SMILES string of the molecule is Clc1cccc(-c2n[nH]c3c(Cl)cnn23)c1. The fraction of sp³-hybridized carbons (Fsp3) is 0. The third kappa shape index (κ3) is 1.38. The van der Waals surface area contributed by atoms with Crippen LogP contribution in [0.15, 0.2) is 30.5 Å². The topological polar surface area (TPSA) is 46.0 Å². The van der Waals surface area contributed by atoms with Gasteiger partial charge < -0.3 is 0 Å². The highest BCUT2D eigenvalue weighted by molar-refractivity contribution is 6.33. The van der Waals surface area contributed by atoms with E-state index in [9.17, 15) is 0 Å². The quantitative estimate of drug-likeness (QED) is 0.724. The summed E-state index contributed by atoms with van der Waals surface area (Å²) in [6, 6.07) is 7.41. The van der Waals surface area contributed by atoms with Crippen molar-refractivity contribution in [2.45, 2.75) is 0 Å². The molecule has 0 fully saturated rings. The van der Waals surface area contributed by atoms with Gasteiger partial charge in [-0.05, 0) is 12.1 Å². The van der Waals surface area contributed by atoms with Gasteiger partial charge in [-0.1, -0.05) is 35.3 Å². The summed E-state index contributed by atoms with van der Waals surface area (Å²) >= 11 is 11.8. The number of hydrogen-bond donors (Lipinski definition) is 1. The number of nitrogens with zero attached hydrogens (tertiary/aromatic N) is 3. The third-order valence-electron chi connectivity index (χ3n) is 2.28. The first-order chi connectivity index (χ1) is 7.75. The molecular formula is C10H6Cl2N4. The number of halogens is 2. The van der Waals surface area contributed by atoms with Gasteiger partial charge in [-0.2, -0.15) is 14.7 Å². The Balaban J connectivity index is 2.26. The van der Waals surface area contributed by atoms with Crippen LogP contribution in [0.3, 0.4) is 0 Å². The van der Waals surface area contributed by atoms with Gasteiger partial charge in [-0.25, -0.2) is 0 Å². The van der Waals surface area contributed by atoms with Crippen molar-refractivity contribution in [2.24, 2.45) is 0 Å². The first-order valence-corrected chi connectivity index (χ1v) is 5.35. The maximum Gasteiger partial charge on any atom is 0.183 e. The molecule has 3 aromatic rings. The predicted molar refractivity (Wildman–Crippen MR) is 62.8 cm³/mol. The van der Waals surface area contributed by atoms with Crippen LogP contribution in [0.25, 0.3) is 17.0 Å². The molecule has 0 radical (unpaired) electrons. The predicted octanol–water partition coefficient (Wildman–Crippen LogP) is 3.03. The molecule has 0 bridgehead atoms. The molecule has 4 nitrogen and oxygen atoms in total. The zero-order valence-electron chi connectivity index (χ0n) is 7.98. The van der Waals surface area contributed by atoms with E-state index in [4.69, 9.17) is 23.2 Å². The summed E-state index contributed by atoms with van der Waals surface area (Å²) in [5.41, 5.74) is 1.56. The Kier molecular flexibility index (Phi) is 2.12. The molecule has 2 aromatic heterocycles. The van der Waals surface area contributed by atoms with E-state index in [1.165, 1.54) is 0 Å². The minimum atomic E-state index is 0.542. The molecule has 3 rings (SSSR count). The zero-order valence-corrected chi connectivity index (χ0v) is 9.50. The molecule has 1 N–H and O–H groups in total. The lowest BCUT2D eigenvalue weighted by molar-refractivity contribution is 0.966. The van der Waals surface area contributed by atoms with Gasteiger partial charge in [0, 0.05) is 10.6 Å². The molecule has 0 amide bonds. The lowest BCUT2D eigenvalue weighted by atomic mass is 10.2. The van der Waals surface area contributed by atoms with Crippen molar-refractivity contribution in [3.63, 3.8) is 0 Å². The summed E-state index contributed by atoms with van der Waals surface area (Å²) in [5, 5.41) is 12.3. The Morgan fingerprint density at radius 1 is 1.25 bits per heavy atom. The Labute approximate surface area is 101 Å². The third-order valence-corrected chi connectivity index (χ3v) is 2.79. The second-order valence-electron chi connectivity index (χ2n) is 3.31. The fourth-order valence-electron chi connectivity index (χ4n) is 1.56. The van der Waals surface area contributed by atoms with Crippen LogP contribution in [0, 0.1) is 0 Å². The molecule has 0 aliphatic heterocycles. The molecule has 0 spiro atoms. The average Bonchev–Trinajstić information content (AvgIpc) is 2.82. The number of benzene rings is 1. The fourth-order valence-corrected chi connectivity index (χ4v) is 1.91. The highest BCUT2D eigenvalue weighted by Gasteiger charge is 2.11. The Bertz CT molecular complexity index is 656. The first-order valence-electron chi connectivity index (χ1n) is 4.59. The summed E-state index contributed by atoms with van der Waals surface area (Å²) in [5.74, 6) is 0.685. The van der Waals surface area contributed by atoms with E-state index in [0.29, 0.717) is 21.5 Å². The monoisotopic (exact) mass is 252 g/mol. The van der Waals surface area contributed by atoms with Crippen LogP contribution in [0.2, 0.25) is 10.0 Å². The van der Waals surface area contributed by atoms with Crippen molar-refractivity contribution in [1.82, 2.24) is 19.8 Å². The minimum absolute atomic E-state index is 0.542. The van der Waals surface area contributed by atoms with Gasteiger partial charge in [0.1, 0.15) is 5.02 Å². The van der Waals surface area contributed by atoms with Crippen molar-refractivity contribution in [3.05, 3.63) is 40.5 Å². The van der Waals surface area contributed by atoms with Crippen molar-refractivity contribution >= 4 is 28.8 Å². The molecule has 0 saturated carbocycles. The smallest absolute Gasteiger partial charge is 0.183 e. The van der Waals surface area contributed by atoms with E-state index in [1.54, 1.807) is 10.7 Å². The normalized spacial score (nSPS) is 11.1. The molecule has 6 heteroatoms. The van der Waals surface area contributed by atoms with Crippen LogP contribution in [-0.2, 0) is 0 Å². The van der Waals surface area contributed by atoms with Gasteiger partial charge in [0.05, 0.1) is 6.20 Å². The van der Waals surface area contributed by atoms with Crippen LogP contribution >= 0.6 is 23.2 Å². The van der Waals surface area contributed by atoms with Crippen LogP contribution in [0.1, 0.15) is 0 Å². The average molecular weight is 253 g/mol. The highest BCUT2D eigenvalue weighted by Crippen LogP contribution is 2.23. The Hall–Kier alpha value is -1.52. The summed E-state index contributed by atoms with van der Waals surface area (Å²) in [7, 11) is 0. The van der Waals surface area contributed by atoms with Crippen molar-refractivity contribution in [3.8, 4) is 11.4 Å². The second-order valence-corrected chi connectivity index (χ2v) is 4.15. The molecule has 0 aliphatic carbocycles. The van der Waals surface area contributed by atoms with E-state index < -0.39 is 0 Å². The molecular weight excluding hydrogens is 247 g/mol. The summed E-state index contributed by atoms with van der Waals surface area (Å²) in [6.07, 6.45) is 1.57. The van der Waals surface area contributed by atoms with Crippen LogP contribution in [0.5, 0.6) is 0 Å². The maximum absolute atomic E-state index is 5.92. The lowest BCUT2D eigenvalue weighted by Gasteiger charge is -1.97.